The third-order valence-corrected chi connectivity index (χ3v) is 6.29. The molecule has 3 rings (SSSR count). The third kappa shape index (κ3) is 10.9. The lowest BCUT2D eigenvalue weighted by Gasteiger charge is -2.19. The van der Waals surface area contributed by atoms with Gasteiger partial charge in [0.2, 0.25) is 27.7 Å². The number of unbranched alkanes of at least 4 members (excludes halogenated alkanes) is 1. The predicted molar refractivity (Wildman–Crippen MR) is 150 cm³/mol. The van der Waals surface area contributed by atoms with Crippen molar-refractivity contribution in [2.75, 3.05) is 24.7 Å². The smallest absolute Gasteiger partial charge is 0.239 e. The highest BCUT2D eigenvalue weighted by Crippen LogP contribution is 2.23. The van der Waals surface area contributed by atoms with Gasteiger partial charge in [0.05, 0.1) is 25.3 Å². The number of nitrogens with one attached hydrogen (secondary N) is 4. The van der Waals surface area contributed by atoms with E-state index in [0.29, 0.717) is 18.5 Å². The molecule has 0 aliphatic carbocycles. The fourth-order valence-corrected chi connectivity index (χ4v) is 4.33. The summed E-state index contributed by atoms with van der Waals surface area (Å²) in [5.74, 6) is -0.739. The van der Waals surface area contributed by atoms with Crippen LogP contribution in [0.2, 0.25) is 0 Å². The zero-order valence-electron chi connectivity index (χ0n) is 21.7. The van der Waals surface area contributed by atoms with Crippen molar-refractivity contribution in [2.24, 2.45) is 0 Å². The molecule has 1 aromatic heterocycles. The van der Waals surface area contributed by atoms with Gasteiger partial charge in [-0.2, -0.15) is 0 Å². The van der Waals surface area contributed by atoms with Crippen LogP contribution in [0.3, 0.4) is 0 Å². The summed E-state index contributed by atoms with van der Waals surface area (Å²) in [5.41, 5.74) is 2.58. The van der Waals surface area contributed by atoms with Gasteiger partial charge in [-0.15, -0.1) is 0 Å². The van der Waals surface area contributed by atoms with E-state index in [9.17, 15) is 22.8 Å². The average Bonchev–Trinajstić information content (AvgIpc) is 2.91. The third-order valence-electron chi connectivity index (χ3n) is 5.69. The lowest BCUT2D eigenvalue weighted by molar-refractivity contribution is -0.127. The number of benzene rings is 2. The van der Waals surface area contributed by atoms with E-state index in [1.807, 2.05) is 65.4 Å². The number of carbonyl (C=O) groups excluding carboxylic acids is 3. The standard InChI is InChI=1S/C28H33N5O5S/c1-39(37,38)33-27(35)19-24(23-15-13-22(14-16-23)21-9-3-2-4-10-21)32-28(36)20-31-26(34)12-6-8-18-30-25-11-5-7-17-29-25/h2-5,7,9-11,13-17,24H,6,8,12,18-20H2,1H3,(H,29,30)(H,31,34)(H,32,36)(H,33,35). The zero-order valence-corrected chi connectivity index (χ0v) is 22.5. The van der Waals surface area contributed by atoms with Crippen LogP contribution in [-0.4, -0.2) is 50.5 Å². The highest BCUT2D eigenvalue weighted by Gasteiger charge is 2.21. The lowest BCUT2D eigenvalue weighted by atomic mass is 9.99. The summed E-state index contributed by atoms with van der Waals surface area (Å²) in [6, 6.07) is 21.8. The first-order valence-electron chi connectivity index (χ1n) is 12.6. The first-order chi connectivity index (χ1) is 18.7. The van der Waals surface area contributed by atoms with Crippen LogP contribution < -0.4 is 20.7 Å². The molecule has 1 atom stereocenters. The number of hydrogen-bond acceptors (Lipinski definition) is 7. The predicted octanol–water partition coefficient (Wildman–Crippen LogP) is 2.77. The van der Waals surface area contributed by atoms with Gasteiger partial charge in [0.25, 0.3) is 0 Å². The van der Waals surface area contributed by atoms with Gasteiger partial charge in [-0.05, 0) is 41.7 Å². The SMILES string of the molecule is CS(=O)(=O)NC(=O)CC(NC(=O)CNC(=O)CCCCNc1ccccn1)c1ccc(-c2ccccc2)cc1. The fraction of sp³-hybridized carbons (Fsp3) is 0.286. The fourth-order valence-electron chi connectivity index (χ4n) is 3.83. The van der Waals surface area contributed by atoms with Crippen LogP contribution in [0.15, 0.2) is 79.0 Å². The molecule has 11 heteroatoms. The van der Waals surface area contributed by atoms with Gasteiger partial charge < -0.3 is 16.0 Å². The number of aromatic nitrogens is 1. The van der Waals surface area contributed by atoms with Crippen LogP contribution in [-0.2, 0) is 24.4 Å². The molecule has 0 radical (unpaired) electrons. The van der Waals surface area contributed by atoms with E-state index in [2.05, 4.69) is 20.9 Å². The number of anilines is 1. The van der Waals surface area contributed by atoms with Crippen molar-refractivity contribution in [1.82, 2.24) is 20.3 Å². The van der Waals surface area contributed by atoms with E-state index in [-0.39, 0.29) is 25.3 Å². The molecule has 0 aliphatic heterocycles. The van der Waals surface area contributed by atoms with Gasteiger partial charge in [0.15, 0.2) is 0 Å². The highest BCUT2D eigenvalue weighted by molar-refractivity contribution is 7.89. The van der Waals surface area contributed by atoms with Crippen molar-refractivity contribution in [3.63, 3.8) is 0 Å². The van der Waals surface area contributed by atoms with Crippen LogP contribution in [0, 0.1) is 0 Å². The van der Waals surface area contributed by atoms with Crippen molar-refractivity contribution in [3.8, 4) is 11.1 Å². The molecule has 3 amide bonds. The molecule has 3 aromatic rings. The normalized spacial score (nSPS) is 11.7. The number of hydrogen-bond donors (Lipinski definition) is 4. The van der Waals surface area contributed by atoms with Crippen LogP contribution in [0.25, 0.3) is 11.1 Å². The molecular weight excluding hydrogens is 518 g/mol. The molecule has 0 bridgehead atoms. The number of rotatable bonds is 14. The Morgan fingerprint density at radius 1 is 0.821 bits per heavy atom. The minimum atomic E-state index is -3.75. The monoisotopic (exact) mass is 551 g/mol. The summed E-state index contributed by atoms with van der Waals surface area (Å²) in [5, 5.41) is 8.49. The minimum absolute atomic E-state index is 0.262. The van der Waals surface area contributed by atoms with Gasteiger partial charge in [-0.1, -0.05) is 60.7 Å². The molecule has 39 heavy (non-hydrogen) atoms. The first kappa shape index (κ1) is 29.3. The minimum Gasteiger partial charge on any atom is -0.370 e. The zero-order chi connectivity index (χ0) is 28.1. The molecule has 0 fully saturated rings. The Labute approximate surface area is 228 Å². The van der Waals surface area contributed by atoms with Crippen LogP contribution in [0.4, 0.5) is 5.82 Å². The number of nitrogens with zero attached hydrogens (tertiary/aromatic N) is 1. The van der Waals surface area contributed by atoms with Gasteiger partial charge >= 0.3 is 0 Å². The van der Waals surface area contributed by atoms with Crippen LogP contribution in [0.1, 0.15) is 37.3 Å². The van der Waals surface area contributed by atoms with Crippen LogP contribution >= 0.6 is 0 Å². The summed E-state index contributed by atoms with van der Waals surface area (Å²) >= 11 is 0. The van der Waals surface area contributed by atoms with Crippen molar-refractivity contribution in [2.45, 2.75) is 31.7 Å². The van der Waals surface area contributed by atoms with Crippen molar-refractivity contribution in [3.05, 3.63) is 84.6 Å². The highest BCUT2D eigenvalue weighted by atomic mass is 32.2. The Morgan fingerprint density at radius 2 is 1.51 bits per heavy atom. The Morgan fingerprint density at radius 3 is 2.18 bits per heavy atom. The molecule has 1 unspecified atom stereocenters. The van der Waals surface area contributed by atoms with Gasteiger partial charge in [0, 0.05) is 19.2 Å². The second-order valence-corrected chi connectivity index (χ2v) is 10.7. The second kappa shape index (κ2) is 14.6. The summed E-state index contributed by atoms with van der Waals surface area (Å²) in [6.07, 6.45) is 3.95. The summed E-state index contributed by atoms with van der Waals surface area (Å²) in [7, 11) is -3.75. The molecule has 10 nitrogen and oxygen atoms in total. The number of carbonyl (C=O) groups is 3. The maximum absolute atomic E-state index is 12.6. The average molecular weight is 552 g/mol. The molecule has 0 saturated heterocycles. The van der Waals surface area contributed by atoms with Gasteiger partial charge in [-0.3, -0.25) is 19.1 Å². The lowest BCUT2D eigenvalue weighted by Crippen LogP contribution is -2.40. The second-order valence-electron chi connectivity index (χ2n) is 8.99. The Balaban J connectivity index is 1.51. The van der Waals surface area contributed by atoms with Crippen molar-refractivity contribution in [1.29, 1.82) is 0 Å². The number of amides is 3. The molecule has 2 aromatic carbocycles. The topological polar surface area (TPSA) is 146 Å². The quantitative estimate of drug-likeness (QED) is 0.225. The first-order valence-corrected chi connectivity index (χ1v) is 14.5. The van der Waals surface area contributed by atoms with E-state index in [1.165, 1.54) is 0 Å². The molecule has 0 saturated carbocycles. The Kier molecular flexibility index (Phi) is 11.0. The maximum atomic E-state index is 12.6. The van der Waals surface area contributed by atoms with Crippen molar-refractivity contribution < 1.29 is 22.8 Å². The Bertz CT molecular complexity index is 1330. The van der Waals surface area contributed by atoms with Gasteiger partial charge in [-0.25, -0.2) is 13.4 Å². The summed E-state index contributed by atoms with van der Waals surface area (Å²) in [4.78, 5) is 41.3. The molecule has 0 aliphatic rings. The van der Waals surface area contributed by atoms with E-state index in [4.69, 9.17) is 0 Å². The molecule has 1 heterocycles. The number of sulfonamides is 1. The molecule has 0 spiro atoms. The molecule has 206 valence electrons. The summed E-state index contributed by atoms with van der Waals surface area (Å²) < 4.78 is 24.9. The van der Waals surface area contributed by atoms with Gasteiger partial charge in [0.1, 0.15) is 5.82 Å². The molecular formula is C28H33N5O5S. The Hall–Kier alpha value is -4.25. The van der Waals surface area contributed by atoms with Crippen molar-refractivity contribution >= 4 is 33.6 Å². The number of pyridine rings is 1. The van der Waals surface area contributed by atoms with Crippen LogP contribution in [0.5, 0.6) is 0 Å². The largest absolute Gasteiger partial charge is 0.370 e. The van der Waals surface area contributed by atoms with E-state index in [1.54, 1.807) is 18.3 Å². The summed E-state index contributed by atoms with van der Waals surface area (Å²) in [6.45, 7) is 0.405. The van der Waals surface area contributed by atoms with E-state index < -0.39 is 27.9 Å². The van der Waals surface area contributed by atoms with E-state index in [0.717, 1.165) is 29.6 Å². The maximum Gasteiger partial charge on any atom is 0.239 e. The van der Waals surface area contributed by atoms with E-state index >= 15 is 0 Å². The molecule has 4 N–H and O–H groups in total.